The molecule has 0 radical (unpaired) electrons. The van der Waals surface area contributed by atoms with Crippen LogP contribution in [-0.2, 0) is 9.59 Å². The summed E-state index contributed by atoms with van der Waals surface area (Å²) in [6.45, 7) is 1.94. The van der Waals surface area contributed by atoms with Crippen molar-refractivity contribution in [2.24, 2.45) is 5.10 Å². The Morgan fingerprint density at radius 1 is 1.07 bits per heavy atom. The number of rotatable bonds is 8. The van der Waals surface area contributed by atoms with E-state index in [1.165, 1.54) is 13.3 Å². The molecule has 0 unspecified atom stereocenters. The number of amides is 2. The van der Waals surface area contributed by atoms with Crippen molar-refractivity contribution in [3.63, 3.8) is 0 Å². The van der Waals surface area contributed by atoms with Crippen molar-refractivity contribution in [3.05, 3.63) is 52.0 Å². The van der Waals surface area contributed by atoms with Crippen LogP contribution in [0.2, 0.25) is 0 Å². The van der Waals surface area contributed by atoms with Gasteiger partial charge in [0.2, 0.25) is 11.8 Å². The van der Waals surface area contributed by atoms with E-state index in [1.54, 1.807) is 25.3 Å². The Morgan fingerprint density at radius 3 is 2.46 bits per heavy atom. The van der Waals surface area contributed by atoms with Gasteiger partial charge in [0.05, 0.1) is 24.9 Å². The predicted molar refractivity (Wildman–Crippen MR) is 112 cm³/mol. The maximum Gasteiger partial charge on any atom is 0.240 e. The highest BCUT2D eigenvalue weighted by atomic mass is 79.9. The number of hydrogen-bond acceptors (Lipinski definition) is 5. The molecule has 0 saturated carbocycles. The molecular formula is C20H22BrN3O4. The third-order valence-electron chi connectivity index (χ3n) is 3.78. The quantitative estimate of drug-likeness (QED) is 0.477. The van der Waals surface area contributed by atoms with Crippen LogP contribution in [-0.4, -0.2) is 32.2 Å². The van der Waals surface area contributed by atoms with Crippen LogP contribution >= 0.6 is 15.9 Å². The number of nitrogens with one attached hydrogen (secondary N) is 2. The van der Waals surface area contributed by atoms with E-state index in [0.29, 0.717) is 22.7 Å². The number of aryl methyl sites for hydroxylation is 1. The van der Waals surface area contributed by atoms with Crippen LogP contribution < -0.4 is 20.2 Å². The van der Waals surface area contributed by atoms with E-state index in [1.807, 2.05) is 25.1 Å². The first-order valence-electron chi connectivity index (χ1n) is 8.53. The van der Waals surface area contributed by atoms with Crippen LogP contribution in [0.1, 0.15) is 24.0 Å². The Balaban J connectivity index is 1.85. The zero-order valence-electron chi connectivity index (χ0n) is 15.9. The number of anilines is 1. The van der Waals surface area contributed by atoms with Crippen LogP contribution in [0.15, 0.2) is 46.0 Å². The number of nitrogens with zero attached hydrogens (tertiary/aromatic N) is 1. The summed E-state index contributed by atoms with van der Waals surface area (Å²) in [5.74, 6) is 0.584. The minimum absolute atomic E-state index is 0.0262. The van der Waals surface area contributed by atoms with Crippen LogP contribution in [0, 0.1) is 6.92 Å². The lowest BCUT2D eigenvalue weighted by atomic mass is 10.2. The molecule has 0 heterocycles. The Labute approximate surface area is 172 Å². The summed E-state index contributed by atoms with van der Waals surface area (Å²) < 4.78 is 11.2. The molecule has 2 aromatic carbocycles. The van der Waals surface area contributed by atoms with Gasteiger partial charge < -0.3 is 14.8 Å². The number of hydrazone groups is 1. The second kappa shape index (κ2) is 10.5. The highest BCUT2D eigenvalue weighted by Gasteiger charge is 2.09. The number of carbonyl (C=O) groups excluding carboxylic acids is 2. The Hall–Kier alpha value is -2.87. The third kappa shape index (κ3) is 6.38. The number of benzene rings is 2. The molecule has 8 heteroatoms. The van der Waals surface area contributed by atoms with Crippen molar-refractivity contribution in [3.8, 4) is 11.5 Å². The topological polar surface area (TPSA) is 89.0 Å². The van der Waals surface area contributed by atoms with Crippen molar-refractivity contribution in [1.82, 2.24) is 5.43 Å². The van der Waals surface area contributed by atoms with Crippen LogP contribution in [0.3, 0.4) is 0 Å². The van der Waals surface area contributed by atoms with Crippen molar-refractivity contribution in [1.29, 1.82) is 0 Å². The van der Waals surface area contributed by atoms with Gasteiger partial charge in [-0.15, -0.1) is 0 Å². The summed E-state index contributed by atoms with van der Waals surface area (Å²) in [4.78, 5) is 23.8. The second-order valence-corrected chi connectivity index (χ2v) is 6.79. The monoisotopic (exact) mass is 447 g/mol. The molecule has 0 fully saturated rings. The Morgan fingerprint density at radius 2 is 1.79 bits per heavy atom. The van der Waals surface area contributed by atoms with Crippen LogP contribution in [0.5, 0.6) is 11.5 Å². The number of ether oxygens (including phenoxy) is 2. The summed E-state index contributed by atoms with van der Waals surface area (Å²) in [6.07, 6.45) is 1.55. The minimum Gasteiger partial charge on any atom is -0.496 e. The number of carbonyl (C=O) groups is 2. The van der Waals surface area contributed by atoms with Gasteiger partial charge in [0.25, 0.3) is 0 Å². The van der Waals surface area contributed by atoms with E-state index >= 15 is 0 Å². The summed E-state index contributed by atoms with van der Waals surface area (Å²) in [6, 6.07) is 10.9. The molecule has 0 bridgehead atoms. The maximum atomic E-state index is 11.9. The molecule has 2 aromatic rings. The van der Waals surface area contributed by atoms with Gasteiger partial charge in [-0.3, -0.25) is 9.59 Å². The smallest absolute Gasteiger partial charge is 0.240 e. The zero-order chi connectivity index (χ0) is 20.5. The van der Waals surface area contributed by atoms with Crippen molar-refractivity contribution in [2.45, 2.75) is 19.8 Å². The van der Waals surface area contributed by atoms with Gasteiger partial charge in [-0.2, -0.15) is 5.10 Å². The SMILES string of the molecule is COc1cc(OC)c(C=NNC(=O)CCC(=O)Nc2cccc(C)c2)cc1Br. The lowest BCUT2D eigenvalue weighted by Crippen LogP contribution is -2.20. The fourth-order valence-corrected chi connectivity index (χ4v) is 2.91. The largest absolute Gasteiger partial charge is 0.496 e. The lowest BCUT2D eigenvalue weighted by molar-refractivity contribution is -0.124. The van der Waals surface area contributed by atoms with Crippen LogP contribution in [0.4, 0.5) is 5.69 Å². The standard InChI is InChI=1S/C20H22BrN3O4/c1-13-5-4-6-15(9-13)23-19(25)7-8-20(26)24-22-12-14-10-16(21)18(28-3)11-17(14)27-2/h4-6,9-12H,7-8H2,1-3H3,(H,23,25)(H,24,26). The molecule has 0 aliphatic heterocycles. The average Bonchev–Trinajstić information content (AvgIpc) is 2.66. The molecule has 7 nitrogen and oxygen atoms in total. The first kappa shape index (κ1) is 21.4. The molecule has 0 aromatic heterocycles. The first-order valence-corrected chi connectivity index (χ1v) is 9.32. The van der Waals surface area contributed by atoms with E-state index in [2.05, 4.69) is 31.8 Å². The van der Waals surface area contributed by atoms with Crippen molar-refractivity contribution in [2.75, 3.05) is 19.5 Å². The molecular weight excluding hydrogens is 426 g/mol. The molecule has 0 aliphatic rings. The van der Waals surface area contributed by atoms with Gasteiger partial charge in [-0.25, -0.2) is 5.43 Å². The fraction of sp³-hybridized carbons (Fsp3) is 0.250. The third-order valence-corrected chi connectivity index (χ3v) is 4.40. The summed E-state index contributed by atoms with van der Waals surface area (Å²) in [5, 5.41) is 6.68. The molecule has 148 valence electrons. The molecule has 0 atom stereocenters. The van der Waals surface area contributed by atoms with Crippen LogP contribution in [0.25, 0.3) is 0 Å². The summed E-state index contributed by atoms with van der Waals surface area (Å²) in [7, 11) is 3.09. The Kier molecular flexibility index (Phi) is 8.01. The van der Waals surface area contributed by atoms with E-state index < -0.39 is 0 Å². The highest BCUT2D eigenvalue weighted by molar-refractivity contribution is 9.10. The minimum atomic E-state index is -0.359. The van der Waals surface area contributed by atoms with Gasteiger partial charge in [0, 0.05) is 30.2 Å². The first-order chi connectivity index (χ1) is 13.4. The van der Waals surface area contributed by atoms with E-state index in [4.69, 9.17) is 9.47 Å². The fourth-order valence-electron chi connectivity index (χ4n) is 2.39. The average molecular weight is 448 g/mol. The molecule has 0 saturated heterocycles. The Bertz CT molecular complexity index is 884. The normalized spacial score (nSPS) is 10.6. The number of halogens is 1. The van der Waals surface area contributed by atoms with Gasteiger partial charge in [0.1, 0.15) is 11.5 Å². The second-order valence-electron chi connectivity index (χ2n) is 5.94. The molecule has 2 amide bonds. The zero-order valence-corrected chi connectivity index (χ0v) is 17.5. The molecule has 2 N–H and O–H groups in total. The van der Waals surface area contributed by atoms with E-state index in [0.717, 1.165) is 10.0 Å². The summed E-state index contributed by atoms with van der Waals surface area (Å²) in [5.41, 5.74) is 4.82. The van der Waals surface area contributed by atoms with Crippen molar-refractivity contribution < 1.29 is 19.1 Å². The predicted octanol–water partition coefficient (Wildman–Crippen LogP) is 3.64. The summed E-state index contributed by atoms with van der Waals surface area (Å²) >= 11 is 3.39. The number of methoxy groups -OCH3 is 2. The molecule has 0 aliphatic carbocycles. The molecule has 0 spiro atoms. The van der Waals surface area contributed by atoms with E-state index in [-0.39, 0.29) is 24.7 Å². The van der Waals surface area contributed by atoms with E-state index in [9.17, 15) is 9.59 Å². The van der Waals surface area contributed by atoms with Crippen molar-refractivity contribution >= 4 is 39.6 Å². The molecule has 2 rings (SSSR count). The van der Waals surface area contributed by atoms with Gasteiger partial charge in [-0.1, -0.05) is 12.1 Å². The molecule has 28 heavy (non-hydrogen) atoms. The van der Waals surface area contributed by atoms with Gasteiger partial charge in [0.15, 0.2) is 0 Å². The highest BCUT2D eigenvalue weighted by Crippen LogP contribution is 2.31. The maximum absolute atomic E-state index is 11.9. The van der Waals surface area contributed by atoms with Gasteiger partial charge in [-0.05, 0) is 46.6 Å². The lowest BCUT2D eigenvalue weighted by Gasteiger charge is -2.09. The number of hydrogen-bond donors (Lipinski definition) is 2. The van der Waals surface area contributed by atoms with Gasteiger partial charge >= 0.3 is 0 Å².